The highest BCUT2D eigenvalue weighted by Crippen LogP contribution is 2.20. The molecule has 1 aromatic carbocycles. The van der Waals surface area contributed by atoms with E-state index in [1.54, 1.807) is 0 Å². The number of nitrogens with one attached hydrogen (secondary N) is 1. The molecule has 0 saturated heterocycles. The van der Waals surface area contributed by atoms with Gasteiger partial charge in [0.15, 0.2) is 0 Å². The fourth-order valence-electron chi connectivity index (χ4n) is 2.07. The normalized spacial score (nSPS) is 11.9. The highest BCUT2D eigenvalue weighted by Gasteiger charge is 2.05. The fourth-order valence-corrected chi connectivity index (χ4v) is 2.07. The summed E-state index contributed by atoms with van der Waals surface area (Å²) in [6.45, 7) is 6.91. The van der Waals surface area contributed by atoms with E-state index in [0.29, 0.717) is 12.5 Å². The third kappa shape index (κ3) is 3.73. The molecule has 20 heavy (non-hydrogen) atoms. The Morgan fingerprint density at radius 1 is 1.10 bits per heavy atom. The van der Waals surface area contributed by atoms with Crippen LogP contribution in [0.15, 0.2) is 42.6 Å². The number of hydrogen-bond donors (Lipinski definition) is 1. The molecule has 3 nitrogen and oxygen atoms in total. The second-order valence-corrected chi connectivity index (χ2v) is 4.78. The number of rotatable bonds is 6. The second kappa shape index (κ2) is 6.94. The SMILES string of the molecule is CCOc1ccc(NC(C)c2ccc(CC)cc2)cn1. The molecule has 1 aromatic heterocycles. The molecule has 0 aliphatic carbocycles. The van der Waals surface area contributed by atoms with E-state index in [0.717, 1.165) is 12.1 Å². The van der Waals surface area contributed by atoms with Crippen molar-refractivity contribution >= 4 is 5.69 Å². The van der Waals surface area contributed by atoms with Crippen molar-refractivity contribution in [3.05, 3.63) is 53.7 Å². The van der Waals surface area contributed by atoms with E-state index in [1.807, 2.05) is 25.3 Å². The Morgan fingerprint density at radius 2 is 1.85 bits per heavy atom. The van der Waals surface area contributed by atoms with Gasteiger partial charge in [0.1, 0.15) is 0 Å². The van der Waals surface area contributed by atoms with Gasteiger partial charge in [0, 0.05) is 12.1 Å². The van der Waals surface area contributed by atoms with Gasteiger partial charge in [0.05, 0.1) is 18.5 Å². The summed E-state index contributed by atoms with van der Waals surface area (Å²) in [6, 6.07) is 12.9. The van der Waals surface area contributed by atoms with E-state index in [2.05, 4.69) is 48.4 Å². The van der Waals surface area contributed by atoms with Crippen LogP contribution in [0.4, 0.5) is 5.69 Å². The molecule has 2 rings (SSSR count). The van der Waals surface area contributed by atoms with E-state index in [1.165, 1.54) is 11.1 Å². The standard InChI is InChI=1S/C17H22N2O/c1-4-14-6-8-15(9-7-14)13(3)19-16-10-11-17(18-12-16)20-5-2/h6-13,19H,4-5H2,1-3H3. The molecule has 0 aliphatic rings. The molecular weight excluding hydrogens is 248 g/mol. The van der Waals surface area contributed by atoms with Crippen molar-refractivity contribution in [3.8, 4) is 5.88 Å². The summed E-state index contributed by atoms with van der Waals surface area (Å²) >= 11 is 0. The average molecular weight is 270 g/mol. The predicted octanol–water partition coefficient (Wildman–Crippen LogP) is 4.22. The van der Waals surface area contributed by atoms with Crippen molar-refractivity contribution in [1.29, 1.82) is 0 Å². The van der Waals surface area contributed by atoms with Crippen LogP contribution in [0.3, 0.4) is 0 Å². The summed E-state index contributed by atoms with van der Waals surface area (Å²) in [5, 5.41) is 3.45. The summed E-state index contributed by atoms with van der Waals surface area (Å²) in [7, 11) is 0. The molecule has 1 atom stereocenters. The Bertz CT molecular complexity index is 520. The Balaban J connectivity index is 2.00. The molecule has 0 aliphatic heterocycles. The van der Waals surface area contributed by atoms with E-state index in [4.69, 9.17) is 4.74 Å². The zero-order valence-corrected chi connectivity index (χ0v) is 12.4. The van der Waals surface area contributed by atoms with Crippen LogP contribution in [0.2, 0.25) is 0 Å². The van der Waals surface area contributed by atoms with Gasteiger partial charge in [-0.3, -0.25) is 0 Å². The van der Waals surface area contributed by atoms with Crippen molar-refractivity contribution in [2.45, 2.75) is 33.2 Å². The van der Waals surface area contributed by atoms with Gasteiger partial charge < -0.3 is 10.1 Å². The van der Waals surface area contributed by atoms with E-state index >= 15 is 0 Å². The zero-order chi connectivity index (χ0) is 14.4. The minimum Gasteiger partial charge on any atom is -0.478 e. The molecule has 1 N–H and O–H groups in total. The Kier molecular flexibility index (Phi) is 4.99. The lowest BCUT2D eigenvalue weighted by Crippen LogP contribution is -2.07. The number of benzene rings is 1. The first-order chi connectivity index (χ1) is 9.72. The summed E-state index contributed by atoms with van der Waals surface area (Å²) in [5.41, 5.74) is 3.64. The van der Waals surface area contributed by atoms with Crippen molar-refractivity contribution < 1.29 is 4.74 Å². The minimum absolute atomic E-state index is 0.251. The van der Waals surface area contributed by atoms with Crippen LogP contribution >= 0.6 is 0 Å². The van der Waals surface area contributed by atoms with Crippen molar-refractivity contribution in [2.24, 2.45) is 0 Å². The molecule has 0 amide bonds. The summed E-state index contributed by atoms with van der Waals surface area (Å²) in [4.78, 5) is 4.26. The van der Waals surface area contributed by atoms with Crippen LogP contribution in [0.25, 0.3) is 0 Å². The van der Waals surface area contributed by atoms with Gasteiger partial charge in [-0.1, -0.05) is 31.2 Å². The molecule has 1 unspecified atom stereocenters. The first-order valence-corrected chi connectivity index (χ1v) is 7.17. The van der Waals surface area contributed by atoms with Crippen LogP contribution in [0.5, 0.6) is 5.88 Å². The monoisotopic (exact) mass is 270 g/mol. The first kappa shape index (κ1) is 14.4. The molecular formula is C17H22N2O. The van der Waals surface area contributed by atoms with Gasteiger partial charge in [-0.2, -0.15) is 0 Å². The number of anilines is 1. The maximum Gasteiger partial charge on any atom is 0.213 e. The lowest BCUT2D eigenvalue weighted by molar-refractivity contribution is 0.327. The van der Waals surface area contributed by atoms with Gasteiger partial charge in [0.2, 0.25) is 5.88 Å². The van der Waals surface area contributed by atoms with Crippen molar-refractivity contribution in [3.63, 3.8) is 0 Å². The molecule has 0 radical (unpaired) electrons. The van der Waals surface area contributed by atoms with Gasteiger partial charge in [-0.15, -0.1) is 0 Å². The van der Waals surface area contributed by atoms with Crippen LogP contribution in [0.1, 0.15) is 37.9 Å². The summed E-state index contributed by atoms with van der Waals surface area (Å²) in [6.07, 6.45) is 2.88. The number of ether oxygens (including phenoxy) is 1. The second-order valence-electron chi connectivity index (χ2n) is 4.78. The molecule has 3 heteroatoms. The molecule has 0 saturated carbocycles. The molecule has 0 fully saturated rings. The fraction of sp³-hybridized carbons (Fsp3) is 0.353. The Hall–Kier alpha value is -2.03. The van der Waals surface area contributed by atoms with Crippen molar-refractivity contribution in [2.75, 3.05) is 11.9 Å². The number of hydrogen-bond acceptors (Lipinski definition) is 3. The van der Waals surface area contributed by atoms with Gasteiger partial charge in [-0.25, -0.2) is 4.98 Å². The maximum atomic E-state index is 5.34. The Labute approximate surface area is 121 Å². The van der Waals surface area contributed by atoms with Crippen LogP contribution in [-0.4, -0.2) is 11.6 Å². The van der Waals surface area contributed by atoms with E-state index in [9.17, 15) is 0 Å². The topological polar surface area (TPSA) is 34.1 Å². The lowest BCUT2D eigenvalue weighted by atomic mass is 10.0. The van der Waals surface area contributed by atoms with Gasteiger partial charge >= 0.3 is 0 Å². The quantitative estimate of drug-likeness (QED) is 0.853. The number of aromatic nitrogens is 1. The number of aryl methyl sites for hydroxylation is 1. The van der Waals surface area contributed by atoms with E-state index < -0.39 is 0 Å². The highest BCUT2D eigenvalue weighted by atomic mass is 16.5. The largest absolute Gasteiger partial charge is 0.478 e. The first-order valence-electron chi connectivity index (χ1n) is 7.17. The van der Waals surface area contributed by atoms with Gasteiger partial charge in [0.25, 0.3) is 0 Å². The summed E-state index contributed by atoms with van der Waals surface area (Å²) < 4.78 is 5.34. The maximum absolute atomic E-state index is 5.34. The summed E-state index contributed by atoms with van der Waals surface area (Å²) in [5.74, 6) is 0.665. The van der Waals surface area contributed by atoms with Gasteiger partial charge in [-0.05, 0) is 37.5 Å². The lowest BCUT2D eigenvalue weighted by Gasteiger charge is -2.16. The smallest absolute Gasteiger partial charge is 0.213 e. The third-order valence-electron chi connectivity index (χ3n) is 3.30. The molecule has 0 spiro atoms. The van der Waals surface area contributed by atoms with Crippen LogP contribution in [0, 0.1) is 0 Å². The molecule has 1 heterocycles. The average Bonchev–Trinajstić information content (AvgIpc) is 2.49. The van der Waals surface area contributed by atoms with Crippen LogP contribution in [-0.2, 0) is 6.42 Å². The predicted molar refractivity (Wildman–Crippen MR) is 83.3 cm³/mol. The Morgan fingerprint density at radius 3 is 2.40 bits per heavy atom. The third-order valence-corrected chi connectivity index (χ3v) is 3.30. The molecule has 2 aromatic rings. The van der Waals surface area contributed by atoms with E-state index in [-0.39, 0.29) is 6.04 Å². The number of pyridine rings is 1. The molecule has 0 bridgehead atoms. The van der Waals surface area contributed by atoms with Crippen molar-refractivity contribution in [1.82, 2.24) is 4.98 Å². The highest BCUT2D eigenvalue weighted by molar-refractivity contribution is 5.44. The minimum atomic E-state index is 0.251. The molecule has 106 valence electrons. The zero-order valence-electron chi connectivity index (χ0n) is 12.4. The van der Waals surface area contributed by atoms with Crippen LogP contribution < -0.4 is 10.1 Å². The number of nitrogens with zero attached hydrogens (tertiary/aromatic N) is 1.